The maximum absolute atomic E-state index is 13.5. The van der Waals surface area contributed by atoms with E-state index in [-0.39, 0.29) is 15.8 Å². The van der Waals surface area contributed by atoms with Crippen molar-refractivity contribution in [2.24, 2.45) is 0 Å². The molecule has 1 aromatic heterocycles. The highest BCUT2D eigenvalue weighted by atomic mass is 32.2. The highest BCUT2D eigenvalue weighted by Crippen LogP contribution is 2.22. The Hall–Kier alpha value is -2.94. The molecule has 2 aromatic carbocycles. The molecule has 0 saturated heterocycles. The molecule has 0 atom stereocenters. The van der Waals surface area contributed by atoms with E-state index in [0.717, 1.165) is 24.3 Å². The lowest BCUT2D eigenvalue weighted by atomic mass is 10.2. The molecule has 9 heteroatoms. The zero-order valence-corrected chi connectivity index (χ0v) is 12.2. The summed E-state index contributed by atoms with van der Waals surface area (Å²) in [4.78, 5) is 26.9. The van der Waals surface area contributed by atoms with Crippen molar-refractivity contribution in [3.63, 3.8) is 0 Å². The van der Waals surface area contributed by atoms with Gasteiger partial charge in [0.15, 0.2) is 11.6 Å². The van der Waals surface area contributed by atoms with Gasteiger partial charge in [-0.3, -0.25) is 9.78 Å². The molecule has 23 heavy (non-hydrogen) atoms. The van der Waals surface area contributed by atoms with Gasteiger partial charge in [-0.15, -0.1) is 0 Å². The Morgan fingerprint density at radius 2 is 1.74 bits per heavy atom. The van der Waals surface area contributed by atoms with Gasteiger partial charge >= 0.3 is 15.8 Å². The monoisotopic (exact) mass is 336 g/mol. The van der Waals surface area contributed by atoms with Crippen molar-refractivity contribution >= 4 is 21.0 Å². The van der Waals surface area contributed by atoms with E-state index in [2.05, 4.69) is 4.98 Å². The summed E-state index contributed by atoms with van der Waals surface area (Å²) in [5, 5.41) is -0.0391. The molecule has 0 aliphatic rings. The summed E-state index contributed by atoms with van der Waals surface area (Å²) >= 11 is 0. The molecular weight excluding hydrogens is 327 g/mol. The maximum atomic E-state index is 13.5. The molecule has 3 rings (SSSR count). The van der Waals surface area contributed by atoms with E-state index in [1.165, 1.54) is 18.2 Å². The van der Waals surface area contributed by atoms with Crippen molar-refractivity contribution in [1.82, 2.24) is 9.97 Å². The van der Waals surface area contributed by atoms with Gasteiger partial charge in [-0.1, -0.05) is 12.1 Å². The van der Waals surface area contributed by atoms with E-state index < -0.39 is 32.9 Å². The van der Waals surface area contributed by atoms with Gasteiger partial charge in [-0.2, -0.15) is 8.42 Å². The molecule has 0 bridgehead atoms. The third kappa shape index (κ3) is 2.86. The normalized spacial score (nSPS) is 11.5. The Morgan fingerprint density at radius 1 is 1.00 bits per heavy atom. The van der Waals surface area contributed by atoms with Gasteiger partial charge in [0, 0.05) is 0 Å². The summed E-state index contributed by atoms with van der Waals surface area (Å²) in [5.74, 6) is -1.29. The molecule has 7 nitrogen and oxygen atoms in total. The third-order valence-electron chi connectivity index (χ3n) is 3.04. The van der Waals surface area contributed by atoms with Gasteiger partial charge in [0.25, 0.3) is 5.56 Å². The molecule has 0 amide bonds. The van der Waals surface area contributed by atoms with E-state index >= 15 is 0 Å². The van der Waals surface area contributed by atoms with Crippen LogP contribution in [-0.4, -0.2) is 18.4 Å². The van der Waals surface area contributed by atoms with Gasteiger partial charge in [-0.05, 0) is 30.3 Å². The van der Waals surface area contributed by atoms with Gasteiger partial charge in [0.2, 0.25) is 0 Å². The predicted molar refractivity (Wildman–Crippen MR) is 79.4 cm³/mol. The molecule has 0 spiro atoms. The second-order valence-electron chi connectivity index (χ2n) is 4.58. The molecule has 118 valence electrons. The molecule has 1 heterocycles. The van der Waals surface area contributed by atoms with Gasteiger partial charge in [0.05, 0.1) is 10.9 Å². The maximum Gasteiger partial charge on any atom is 0.339 e. The van der Waals surface area contributed by atoms with E-state index in [9.17, 15) is 22.4 Å². The van der Waals surface area contributed by atoms with Gasteiger partial charge < -0.3 is 9.17 Å². The summed E-state index contributed by atoms with van der Waals surface area (Å²) in [6.07, 6.45) is 0. The van der Waals surface area contributed by atoms with Crippen molar-refractivity contribution in [3.8, 4) is 5.75 Å². The van der Waals surface area contributed by atoms with Crippen LogP contribution in [0.5, 0.6) is 5.75 Å². The first-order chi connectivity index (χ1) is 10.9. The molecule has 0 aliphatic carbocycles. The Kier molecular flexibility index (Phi) is 3.49. The smallest absolute Gasteiger partial charge is 0.339 e. The van der Waals surface area contributed by atoms with Crippen LogP contribution in [0.25, 0.3) is 10.9 Å². The van der Waals surface area contributed by atoms with Crippen LogP contribution < -0.4 is 15.4 Å². The summed E-state index contributed by atoms with van der Waals surface area (Å²) < 4.78 is 42.7. The summed E-state index contributed by atoms with van der Waals surface area (Å²) in [5.41, 5.74) is -1.28. The molecule has 0 unspecified atom stereocenters. The number of rotatable bonds is 3. The van der Waals surface area contributed by atoms with E-state index in [4.69, 9.17) is 4.18 Å². The van der Waals surface area contributed by atoms with E-state index in [0.29, 0.717) is 0 Å². The molecule has 3 aromatic rings. The van der Waals surface area contributed by atoms with E-state index in [1.54, 1.807) is 0 Å². The Balaban J connectivity index is 2.10. The number of fused-ring (bicyclic) bond motifs is 1. The quantitative estimate of drug-likeness (QED) is 0.697. The van der Waals surface area contributed by atoms with Crippen LogP contribution in [0.15, 0.2) is 56.9 Å². The van der Waals surface area contributed by atoms with Crippen molar-refractivity contribution in [3.05, 3.63) is 69.1 Å². The van der Waals surface area contributed by atoms with Crippen LogP contribution in [0, 0.1) is 5.82 Å². The third-order valence-corrected chi connectivity index (χ3v) is 4.27. The zero-order valence-electron chi connectivity index (χ0n) is 11.4. The Labute approximate surface area is 128 Å². The van der Waals surface area contributed by atoms with Gasteiger partial charge in [0.1, 0.15) is 4.90 Å². The molecule has 2 N–H and O–H groups in total. The number of hydrogen-bond donors (Lipinski definition) is 2. The largest absolute Gasteiger partial charge is 0.376 e. The molecule has 0 saturated carbocycles. The van der Waals surface area contributed by atoms with Crippen molar-refractivity contribution < 1.29 is 17.0 Å². The minimum Gasteiger partial charge on any atom is -0.376 e. The van der Waals surface area contributed by atoms with Crippen LogP contribution in [0.2, 0.25) is 0 Å². The number of halogens is 1. The summed E-state index contributed by atoms with van der Waals surface area (Å²) in [7, 11) is -4.34. The molecule has 0 aliphatic heterocycles. The van der Waals surface area contributed by atoms with Crippen LogP contribution in [-0.2, 0) is 10.1 Å². The number of para-hydroxylation sites is 1. The van der Waals surface area contributed by atoms with E-state index in [1.807, 2.05) is 4.98 Å². The van der Waals surface area contributed by atoms with Gasteiger partial charge in [-0.25, -0.2) is 9.18 Å². The Morgan fingerprint density at radius 3 is 2.48 bits per heavy atom. The number of aromatic amines is 2. The fourth-order valence-electron chi connectivity index (χ4n) is 1.98. The van der Waals surface area contributed by atoms with Crippen LogP contribution in [0.1, 0.15) is 0 Å². The number of H-pyrrole nitrogens is 2. The first-order valence-corrected chi connectivity index (χ1v) is 7.73. The molecular formula is C14H9FN2O5S. The second-order valence-corrected chi connectivity index (χ2v) is 6.13. The number of benzene rings is 2. The minimum absolute atomic E-state index is 0.0391. The lowest BCUT2D eigenvalue weighted by molar-refractivity contribution is 0.461. The zero-order chi connectivity index (χ0) is 16.6. The average Bonchev–Trinajstić information content (AvgIpc) is 2.49. The van der Waals surface area contributed by atoms with Crippen molar-refractivity contribution in [1.29, 1.82) is 0 Å². The van der Waals surface area contributed by atoms with Crippen molar-refractivity contribution in [2.45, 2.75) is 4.90 Å². The number of nitrogens with one attached hydrogen (secondary N) is 2. The van der Waals surface area contributed by atoms with Crippen LogP contribution >= 0.6 is 0 Å². The second kappa shape index (κ2) is 5.36. The minimum atomic E-state index is -4.34. The first kappa shape index (κ1) is 15.0. The average molecular weight is 336 g/mol. The topological polar surface area (TPSA) is 109 Å². The number of hydrogen-bond acceptors (Lipinski definition) is 5. The van der Waals surface area contributed by atoms with Crippen molar-refractivity contribution in [2.75, 3.05) is 0 Å². The van der Waals surface area contributed by atoms with Crippen LogP contribution in [0.4, 0.5) is 4.39 Å². The molecule has 0 radical (unpaired) electrons. The standard InChI is InChI=1S/C14H9FN2O5S/c15-10-3-1-2-4-12(10)22-23(20,21)8-5-6-11-9(7-8)13(18)17-14(19)16-11/h1-7H,(H2,16,17,18,19). The highest BCUT2D eigenvalue weighted by molar-refractivity contribution is 7.87. The fraction of sp³-hybridized carbons (Fsp3) is 0. The van der Waals surface area contributed by atoms with Crippen LogP contribution in [0.3, 0.4) is 0 Å². The predicted octanol–water partition coefficient (Wildman–Crippen LogP) is 1.12. The lowest BCUT2D eigenvalue weighted by Gasteiger charge is -2.08. The highest BCUT2D eigenvalue weighted by Gasteiger charge is 2.19. The lowest BCUT2D eigenvalue weighted by Crippen LogP contribution is -2.22. The fourth-order valence-corrected chi connectivity index (χ4v) is 2.94. The number of aromatic nitrogens is 2. The SMILES string of the molecule is O=c1[nH]c(=O)c2cc(S(=O)(=O)Oc3ccccc3F)ccc2[nH]1. The summed E-state index contributed by atoms with van der Waals surface area (Å²) in [6, 6.07) is 8.47. The first-order valence-electron chi connectivity index (χ1n) is 6.32. The Bertz CT molecular complexity index is 1120. The molecule has 0 fully saturated rings. The summed E-state index contributed by atoms with van der Waals surface area (Å²) in [6.45, 7) is 0.